The first kappa shape index (κ1) is 22.0. The van der Waals surface area contributed by atoms with Gasteiger partial charge >= 0.3 is 0 Å². The molecule has 1 atom stereocenters. The van der Waals surface area contributed by atoms with Crippen LogP contribution >= 0.6 is 0 Å². The van der Waals surface area contributed by atoms with Crippen LogP contribution in [0, 0.1) is 11.6 Å². The maximum absolute atomic E-state index is 14.1. The fourth-order valence-electron chi connectivity index (χ4n) is 4.62. The van der Waals surface area contributed by atoms with E-state index in [4.69, 9.17) is 0 Å². The van der Waals surface area contributed by atoms with Gasteiger partial charge in [0.1, 0.15) is 23.0 Å². The minimum absolute atomic E-state index is 0.276. The lowest BCUT2D eigenvalue weighted by atomic mass is 9.84. The molecule has 168 valence electrons. The second-order valence-corrected chi connectivity index (χ2v) is 8.80. The maximum atomic E-state index is 14.1. The van der Waals surface area contributed by atoms with Crippen LogP contribution < -0.4 is 10.6 Å². The van der Waals surface area contributed by atoms with E-state index in [9.17, 15) is 23.5 Å². The van der Waals surface area contributed by atoms with Gasteiger partial charge in [-0.05, 0) is 55.5 Å². The van der Waals surface area contributed by atoms with Crippen LogP contribution in [-0.2, 0) is 16.0 Å². The number of anilines is 1. The van der Waals surface area contributed by atoms with E-state index in [0.717, 1.165) is 25.0 Å². The van der Waals surface area contributed by atoms with Gasteiger partial charge in [0.05, 0.1) is 5.54 Å². The number of nitrogens with one attached hydrogen (secondary N) is 2. The summed E-state index contributed by atoms with van der Waals surface area (Å²) in [5.74, 6) is -3.16. The van der Waals surface area contributed by atoms with E-state index in [2.05, 4.69) is 10.6 Å². The SMILES string of the molecule is CC1(Cc2c(F)cccc2F)NC(=O)C(C(=O)Nc2ccc(C3CCCCC3)cc2)=C1O. The molecule has 7 heteroatoms. The van der Waals surface area contributed by atoms with Crippen LogP contribution in [0.25, 0.3) is 0 Å². The lowest BCUT2D eigenvalue weighted by Gasteiger charge is -2.25. The van der Waals surface area contributed by atoms with Crippen molar-refractivity contribution in [1.82, 2.24) is 5.32 Å². The van der Waals surface area contributed by atoms with E-state index < -0.39 is 40.3 Å². The second kappa shape index (κ2) is 8.73. The Morgan fingerprint density at radius 1 is 1.09 bits per heavy atom. The van der Waals surface area contributed by atoms with Gasteiger partial charge in [0.15, 0.2) is 0 Å². The highest BCUT2D eigenvalue weighted by atomic mass is 19.1. The van der Waals surface area contributed by atoms with E-state index in [0.29, 0.717) is 11.6 Å². The molecule has 0 spiro atoms. The fourth-order valence-corrected chi connectivity index (χ4v) is 4.62. The quantitative estimate of drug-likeness (QED) is 0.579. The molecule has 1 heterocycles. The normalized spacial score (nSPS) is 21.5. The minimum Gasteiger partial charge on any atom is -0.509 e. The zero-order chi connectivity index (χ0) is 22.9. The number of rotatable bonds is 5. The van der Waals surface area contributed by atoms with Crippen molar-refractivity contribution in [3.05, 3.63) is 76.6 Å². The molecule has 0 saturated heterocycles. The van der Waals surface area contributed by atoms with Crippen molar-refractivity contribution < 1.29 is 23.5 Å². The molecule has 1 aliphatic carbocycles. The molecule has 2 amide bonds. The van der Waals surface area contributed by atoms with Crippen molar-refractivity contribution in [2.75, 3.05) is 5.32 Å². The summed E-state index contributed by atoms with van der Waals surface area (Å²) in [6.45, 7) is 1.42. The first-order chi connectivity index (χ1) is 15.3. The fraction of sp³-hybridized carbons (Fsp3) is 0.360. The van der Waals surface area contributed by atoms with E-state index in [-0.39, 0.29) is 12.0 Å². The Kier molecular flexibility index (Phi) is 6.00. The van der Waals surface area contributed by atoms with Crippen molar-refractivity contribution >= 4 is 17.5 Å². The van der Waals surface area contributed by atoms with Crippen molar-refractivity contribution in [3.63, 3.8) is 0 Å². The van der Waals surface area contributed by atoms with Gasteiger partial charge in [-0.3, -0.25) is 9.59 Å². The van der Waals surface area contributed by atoms with Gasteiger partial charge in [-0.1, -0.05) is 37.5 Å². The number of hydrogen-bond donors (Lipinski definition) is 3. The lowest BCUT2D eigenvalue weighted by Crippen LogP contribution is -2.44. The highest BCUT2D eigenvalue weighted by Crippen LogP contribution is 2.34. The highest BCUT2D eigenvalue weighted by molar-refractivity contribution is 6.24. The molecule has 4 rings (SSSR count). The summed E-state index contributed by atoms with van der Waals surface area (Å²) < 4.78 is 28.2. The Balaban J connectivity index is 1.51. The molecular formula is C25H26F2N2O3. The molecule has 1 unspecified atom stereocenters. The van der Waals surface area contributed by atoms with Gasteiger partial charge in [0.25, 0.3) is 11.8 Å². The van der Waals surface area contributed by atoms with Crippen LogP contribution in [0.5, 0.6) is 0 Å². The van der Waals surface area contributed by atoms with Gasteiger partial charge < -0.3 is 15.7 Å². The third-order valence-corrected chi connectivity index (χ3v) is 6.44. The standard InChI is InChI=1S/C25H26F2N2O3/c1-25(14-18-19(26)8-5-9-20(18)27)22(30)21(24(32)29-25)23(31)28-17-12-10-16(11-13-17)15-6-3-2-4-7-15/h5,8-13,15,30H,2-4,6-7,14H2,1H3,(H,28,31)(H,29,32). The number of halogens is 2. The first-order valence-corrected chi connectivity index (χ1v) is 10.9. The van der Waals surface area contributed by atoms with E-state index in [1.165, 1.54) is 37.8 Å². The van der Waals surface area contributed by atoms with E-state index >= 15 is 0 Å². The summed E-state index contributed by atoms with van der Waals surface area (Å²) >= 11 is 0. The molecule has 1 aliphatic heterocycles. The molecule has 32 heavy (non-hydrogen) atoms. The number of aliphatic hydroxyl groups excluding tert-OH is 1. The van der Waals surface area contributed by atoms with Crippen LogP contribution in [-0.4, -0.2) is 22.5 Å². The molecule has 1 fully saturated rings. The lowest BCUT2D eigenvalue weighted by molar-refractivity contribution is -0.121. The predicted molar refractivity (Wildman–Crippen MR) is 117 cm³/mol. The van der Waals surface area contributed by atoms with Crippen molar-refractivity contribution in [2.45, 2.75) is 56.9 Å². The average molecular weight is 440 g/mol. The number of carbonyl (C=O) groups excluding carboxylic acids is 2. The summed E-state index contributed by atoms with van der Waals surface area (Å²) in [7, 11) is 0. The van der Waals surface area contributed by atoms with Crippen LogP contribution in [0.4, 0.5) is 14.5 Å². The molecule has 3 N–H and O–H groups in total. The molecule has 2 aliphatic rings. The topological polar surface area (TPSA) is 78.4 Å². The largest absolute Gasteiger partial charge is 0.509 e. The van der Waals surface area contributed by atoms with Crippen molar-refractivity contribution in [2.24, 2.45) is 0 Å². The third kappa shape index (κ3) is 4.24. The van der Waals surface area contributed by atoms with Crippen LogP contribution in [0.1, 0.15) is 56.1 Å². The number of hydrogen-bond acceptors (Lipinski definition) is 3. The third-order valence-electron chi connectivity index (χ3n) is 6.44. The second-order valence-electron chi connectivity index (χ2n) is 8.80. The number of aliphatic hydroxyl groups is 1. The Labute approximate surface area is 185 Å². The summed E-state index contributed by atoms with van der Waals surface area (Å²) in [5.41, 5.74) is -0.515. The van der Waals surface area contributed by atoms with Crippen molar-refractivity contribution in [3.8, 4) is 0 Å². The Morgan fingerprint density at radius 2 is 1.72 bits per heavy atom. The van der Waals surface area contributed by atoms with Gasteiger partial charge in [0.2, 0.25) is 0 Å². The van der Waals surface area contributed by atoms with Gasteiger partial charge in [0, 0.05) is 17.7 Å². The minimum atomic E-state index is -1.50. The summed E-state index contributed by atoms with van der Waals surface area (Å²) in [5, 5.41) is 15.8. The summed E-state index contributed by atoms with van der Waals surface area (Å²) in [6.07, 6.45) is 5.70. The Morgan fingerprint density at radius 3 is 2.34 bits per heavy atom. The van der Waals surface area contributed by atoms with E-state index in [1.54, 1.807) is 12.1 Å². The van der Waals surface area contributed by atoms with Crippen LogP contribution in [0.3, 0.4) is 0 Å². The number of carbonyl (C=O) groups is 2. The summed E-state index contributed by atoms with van der Waals surface area (Å²) in [6, 6.07) is 10.9. The summed E-state index contributed by atoms with van der Waals surface area (Å²) in [4.78, 5) is 25.2. The van der Waals surface area contributed by atoms with Gasteiger partial charge in [-0.2, -0.15) is 0 Å². The van der Waals surface area contributed by atoms with Gasteiger partial charge in [-0.15, -0.1) is 0 Å². The average Bonchev–Trinajstić information content (AvgIpc) is 3.00. The van der Waals surface area contributed by atoms with E-state index in [1.807, 2.05) is 12.1 Å². The van der Waals surface area contributed by atoms with Crippen molar-refractivity contribution in [1.29, 1.82) is 0 Å². The number of amides is 2. The molecular weight excluding hydrogens is 414 g/mol. The molecule has 0 aromatic heterocycles. The molecule has 0 radical (unpaired) electrons. The zero-order valence-electron chi connectivity index (χ0n) is 17.9. The van der Waals surface area contributed by atoms with Gasteiger partial charge in [-0.25, -0.2) is 8.78 Å². The maximum Gasteiger partial charge on any atom is 0.264 e. The molecule has 0 bridgehead atoms. The molecule has 2 aromatic rings. The zero-order valence-corrected chi connectivity index (χ0v) is 17.9. The monoisotopic (exact) mass is 440 g/mol. The number of benzene rings is 2. The first-order valence-electron chi connectivity index (χ1n) is 10.9. The molecule has 1 saturated carbocycles. The van der Waals surface area contributed by atoms with Crippen LogP contribution in [0.2, 0.25) is 0 Å². The predicted octanol–water partition coefficient (Wildman–Crippen LogP) is 4.89. The molecule has 5 nitrogen and oxygen atoms in total. The molecule has 2 aromatic carbocycles. The highest BCUT2D eigenvalue weighted by Gasteiger charge is 2.45. The van der Waals surface area contributed by atoms with Crippen LogP contribution in [0.15, 0.2) is 53.8 Å². The Hall–Kier alpha value is -3.22. The Bertz CT molecular complexity index is 1050. The smallest absolute Gasteiger partial charge is 0.264 e.